The molecule has 3 aromatic rings. The van der Waals surface area contributed by atoms with E-state index in [1.165, 1.54) is 9.60 Å². The molecule has 5 nitrogen and oxygen atoms in total. The Morgan fingerprint density at radius 3 is 2.69 bits per heavy atom. The van der Waals surface area contributed by atoms with Crippen molar-refractivity contribution in [2.24, 2.45) is 5.92 Å². The number of hydrogen-bond acceptors (Lipinski definition) is 7. The number of aldehydes is 1. The molecule has 26 heavy (non-hydrogen) atoms. The molecule has 0 unspecified atom stereocenters. The molecule has 0 atom stereocenters. The highest BCUT2D eigenvalue weighted by Gasteiger charge is 2.18. The normalized spacial score (nSPS) is 15.3. The van der Waals surface area contributed by atoms with Crippen LogP contribution < -0.4 is 5.32 Å². The Morgan fingerprint density at radius 1 is 1.23 bits per heavy atom. The number of benzene rings is 1. The molecule has 0 amide bonds. The van der Waals surface area contributed by atoms with E-state index >= 15 is 0 Å². The Kier molecular flexibility index (Phi) is 6.99. The van der Waals surface area contributed by atoms with E-state index < -0.39 is 0 Å². The summed E-state index contributed by atoms with van der Waals surface area (Å²) >= 11 is 3.41. The number of anilines is 1. The number of fused-ring (bicyclic) bond motifs is 1. The lowest BCUT2D eigenvalue weighted by molar-refractivity contribution is -0.112. The molecular weight excluding hydrogens is 364 g/mol. The summed E-state index contributed by atoms with van der Waals surface area (Å²) in [5.41, 5.74) is 1.07. The highest BCUT2D eigenvalue weighted by molar-refractivity contribution is 7.97. The lowest BCUT2D eigenvalue weighted by Crippen LogP contribution is -2.28. The molecule has 0 bridgehead atoms. The number of hydrogen-bond donors (Lipinski definition) is 1. The van der Waals surface area contributed by atoms with Crippen LogP contribution >= 0.6 is 23.3 Å². The molecule has 1 fully saturated rings. The Bertz CT molecular complexity index is 784. The van der Waals surface area contributed by atoms with Crippen LogP contribution in [0.1, 0.15) is 12.8 Å². The van der Waals surface area contributed by atoms with Gasteiger partial charge in [0.2, 0.25) is 0 Å². The molecule has 1 aliphatic rings. The van der Waals surface area contributed by atoms with Crippen LogP contribution in [0.25, 0.3) is 10.2 Å². The number of nitrogens with zero attached hydrogens (tertiary/aromatic N) is 3. The molecule has 0 radical (unpaired) electrons. The first kappa shape index (κ1) is 18.8. The molecule has 3 heterocycles. The van der Waals surface area contributed by atoms with Crippen molar-refractivity contribution in [3.05, 3.63) is 48.8 Å². The topological polar surface area (TPSA) is 58.1 Å². The Labute approximate surface area is 162 Å². The number of carbonyl (C=O) groups is 1. The predicted molar refractivity (Wildman–Crippen MR) is 110 cm³/mol. The summed E-state index contributed by atoms with van der Waals surface area (Å²) in [5, 5.41) is 4.00. The largest absolute Gasteiger partial charge is 0.365 e. The number of thiazole rings is 1. The zero-order valence-electron chi connectivity index (χ0n) is 14.7. The van der Waals surface area contributed by atoms with Gasteiger partial charge in [-0.1, -0.05) is 23.5 Å². The molecule has 1 aromatic carbocycles. The fourth-order valence-corrected chi connectivity index (χ4v) is 4.39. The highest BCUT2D eigenvalue weighted by Crippen LogP contribution is 2.27. The van der Waals surface area contributed by atoms with Gasteiger partial charge >= 0.3 is 0 Å². The lowest BCUT2D eigenvalue weighted by Gasteiger charge is -2.28. The quantitative estimate of drug-likeness (QED) is 0.532. The van der Waals surface area contributed by atoms with Gasteiger partial charge in [-0.05, 0) is 49.1 Å². The molecule has 0 aliphatic carbocycles. The van der Waals surface area contributed by atoms with Crippen LogP contribution in [0.4, 0.5) is 5.13 Å². The number of pyridine rings is 1. The van der Waals surface area contributed by atoms with E-state index in [0.717, 1.165) is 42.9 Å². The number of nitrogens with one attached hydrogen (secondary N) is 1. The fourth-order valence-electron chi connectivity index (χ4n) is 2.63. The van der Waals surface area contributed by atoms with E-state index in [-0.39, 0.29) is 5.92 Å². The van der Waals surface area contributed by atoms with E-state index in [2.05, 4.69) is 31.7 Å². The molecular formula is C19H22N4OS2. The van der Waals surface area contributed by atoms with Crippen LogP contribution in [0.2, 0.25) is 0 Å². The maximum absolute atomic E-state index is 10.6. The number of aromatic nitrogens is 2. The van der Waals surface area contributed by atoms with Crippen LogP contribution in [0.5, 0.6) is 0 Å². The second-order valence-corrected chi connectivity index (χ2v) is 8.12. The molecule has 0 saturated carbocycles. The summed E-state index contributed by atoms with van der Waals surface area (Å²) in [7, 11) is 1.89. The first-order chi connectivity index (χ1) is 12.8. The van der Waals surface area contributed by atoms with Gasteiger partial charge in [0.1, 0.15) is 6.29 Å². The average molecular weight is 387 g/mol. The second kappa shape index (κ2) is 9.66. The van der Waals surface area contributed by atoms with Gasteiger partial charge in [0.05, 0.1) is 10.2 Å². The minimum absolute atomic E-state index is 0.274. The van der Waals surface area contributed by atoms with Gasteiger partial charge in [0.25, 0.3) is 0 Å². The summed E-state index contributed by atoms with van der Waals surface area (Å²) in [6.45, 7) is 1.98. The van der Waals surface area contributed by atoms with Crippen LogP contribution in [-0.2, 0) is 4.79 Å². The van der Waals surface area contributed by atoms with Crippen molar-refractivity contribution in [3.8, 4) is 0 Å². The predicted octanol–water partition coefficient (Wildman–Crippen LogP) is 4.34. The maximum atomic E-state index is 10.6. The van der Waals surface area contributed by atoms with Gasteiger partial charge in [-0.25, -0.2) is 9.29 Å². The van der Waals surface area contributed by atoms with Crippen molar-refractivity contribution in [1.29, 1.82) is 0 Å². The molecule has 1 saturated heterocycles. The third-order valence-corrected chi connectivity index (χ3v) is 6.20. The van der Waals surface area contributed by atoms with Crippen molar-refractivity contribution in [2.75, 3.05) is 25.5 Å². The summed E-state index contributed by atoms with van der Waals surface area (Å²) in [6.07, 6.45) is 6.71. The van der Waals surface area contributed by atoms with Gasteiger partial charge in [0, 0.05) is 43.3 Å². The monoisotopic (exact) mass is 386 g/mol. The smallest absolute Gasteiger partial charge is 0.183 e. The molecule has 7 heteroatoms. The Hall–Kier alpha value is -1.96. The average Bonchev–Trinajstić information content (AvgIpc) is 3.13. The van der Waals surface area contributed by atoms with Crippen molar-refractivity contribution in [1.82, 2.24) is 14.3 Å². The van der Waals surface area contributed by atoms with Gasteiger partial charge in [-0.3, -0.25) is 4.98 Å². The summed E-state index contributed by atoms with van der Waals surface area (Å²) in [5.74, 6) is 0.274. The number of para-hydroxylation sites is 1. The molecule has 4 rings (SSSR count). The first-order valence-electron chi connectivity index (χ1n) is 8.60. The molecule has 1 N–H and O–H groups in total. The van der Waals surface area contributed by atoms with Crippen LogP contribution in [0, 0.1) is 5.92 Å². The summed E-state index contributed by atoms with van der Waals surface area (Å²) in [6, 6.07) is 12.1. The lowest BCUT2D eigenvalue weighted by atomic mass is 10.0. The maximum Gasteiger partial charge on any atom is 0.183 e. The minimum Gasteiger partial charge on any atom is -0.365 e. The van der Waals surface area contributed by atoms with Crippen LogP contribution in [0.3, 0.4) is 0 Å². The molecule has 136 valence electrons. The van der Waals surface area contributed by atoms with E-state index in [1.54, 1.807) is 29.5 Å². The van der Waals surface area contributed by atoms with Gasteiger partial charge in [-0.15, -0.1) is 0 Å². The zero-order valence-corrected chi connectivity index (χ0v) is 16.3. The van der Waals surface area contributed by atoms with Crippen molar-refractivity contribution < 1.29 is 4.79 Å². The van der Waals surface area contributed by atoms with Crippen molar-refractivity contribution in [3.63, 3.8) is 0 Å². The number of rotatable bonds is 4. The fraction of sp³-hybridized carbons (Fsp3) is 0.316. The highest BCUT2D eigenvalue weighted by atomic mass is 32.2. The van der Waals surface area contributed by atoms with Crippen molar-refractivity contribution in [2.45, 2.75) is 17.7 Å². The molecule has 2 aromatic heterocycles. The van der Waals surface area contributed by atoms with Gasteiger partial charge in [0.15, 0.2) is 5.13 Å². The van der Waals surface area contributed by atoms with E-state index in [4.69, 9.17) is 0 Å². The third-order valence-electron chi connectivity index (χ3n) is 4.07. The van der Waals surface area contributed by atoms with Crippen LogP contribution in [-0.4, -0.2) is 40.7 Å². The Morgan fingerprint density at radius 2 is 2.04 bits per heavy atom. The number of piperidine rings is 1. The standard InChI is InChI=1S/C11H14N2OS.C8H8N2S/c14-9-10-3-6-13(7-4-10)15-11-2-1-5-12-8-11;1-9-8-10-6-4-2-3-5-7(6)11-8/h1-2,5,8-10H,3-4,6-7H2;2-5H,1H3,(H,9,10). The minimum atomic E-state index is 0.274. The zero-order chi connectivity index (χ0) is 18.2. The first-order valence-corrected chi connectivity index (χ1v) is 10.2. The Balaban J connectivity index is 0.000000158. The third kappa shape index (κ3) is 5.27. The van der Waals surface area contributed by atoms with Gasteiger partial charge in [-0.2, -0.15) is 0 Å². The molecule has 1 aliphatic heterocycles. The van der Waals surface area contributed by atoms with Gasteiger partial charge < -0.3 is 10.1 Å². The SMILES string of the molecule is CNc1nc2ccccc2s1.O=CC1CCN(Sc2cccnc2)CC1. The van der Waals surface area contributed by atoms with Crippen LogP contribution in [0.15, 0.2) is 53.7 Å². The van der Waals surface area contributed by atoms with E-state index in [9.17, 15) is 4.79 Å². The molecule has 0 spiro atoms. The second-order valence-electron chi connectivity index (χ2n) is 5.92. The van der Waals surface area contributed by atoms with E-state index in [1.807, 2.05) is 37.5 Å². The summed E-state index contributed by atoms with van der Waals surface area (Å²) < 4.78 is 3.54. The summed E-state index contributed by atoms with van der Waals surface area (Å²) in [4.78, 5) is 20.2. The van der Waals surface area contributed by atoms with E-state index in [0.29, 0.717) is 0 Å². The van der Waals surface area contributed by atoms with Crippen molar-refractivity contribution >= 4 is 44.9 Å². The number of carbonyl (C=O) groups excluding carboxylic acids is 1.